The highest BCUT2D eigenvalue weighted by Crippen LogP contribution is 2.27. The fourth-order valence-electron chi connectivity index (χ4n) is 4.06. The molecule has 3 amide bonds. The first-order chi connectivity index (χ1) is 16.1. The fourth-order valence-corrected chi connectivity index (χ4v) is 4.90. The molecular formula is C21H31FN8O3S. The molecule has 0 spiro atoms. The lowest BCUT2D eigenvalue weighted by Crippen LogP contribution is -2.59. The van der Waals surface area contributed by atoms with E-state index < -0.39 is 23.2 Å². The highest BCUT2D eigenvalue weighted by molar-refractivity contribution is 7.14. The number of carbonyl (C=O) groups is 3. The van der Waals surface area contributed by atoms with Crippen LogP contribution in [0.25, 0.3) is 0 Å². The minimum atomic E-state index is -0.846. The smallest absolute Gasteiger partial charge is 0.271 e. The normalized spacial score (nSPS) is 18.7. The van der Waals surface area contributed by atoms with Crippen molar-refractivity contribution in [2.45, 2.75) is 31.7 Å². The molecule has 2 saturated heterocycles. The Bertz CT molecular complexity index is 986. The van der Waals surface area contributed by atoms with Crippen molar-refractivity contribution in [1.29, 1.82) is 5.41 Å². The number of nitrogens with zero attached hydrogens (tertiary/aromatic N) is 3. The SMILES string of the molecule is CNC1(C(N)=O)CCN(C(CNC(=O)c2csc(N3CCNC(=O)C3)n2)=C(F)CC(C)=N)CC1. The summed E-state index contributed by atoms with van der Waals surface area (Å²) in [5.74, 6) is -1.50. The zero-order valence-electron chi connectivity index (χ0n) is 19.4. The summed E-state index contributed by atoms with van der Waals surface area (Å²) in [6, 6.07) is 0. The Morgan fingerprint density at radius 2 is 2.06 bits per heavy atom. The summed E-state index contributed by atoms with van der Waals surface area (Å²) >= 11 is 1.27. The zero-order valence-corrected chi connectivity index (χ0v) is 20.2. The molecule has 3 rings (SSSR count). The van der Waals surface area contributed by atoms with Crippen LogP contribution in [0.1, 0.15) is 36.7 Å². The second-order valence-electron chi connectivity index (χ2n) is 8.46. The van der Waals surface area contributed by atoms with E-state index in [1.54, 1.807) is 22.2 Å². The van der Waals surface area contributed by atoms with Crippen molar-refractivity contribution in [3.8, 4) is 0 Å². The van der Waals surface area contributed by atoms with E-state index in [9.17, 15) is 14.4 Å². The van der Waals surface area contributed by atoms with E-state index in [0.29, 0.717) is 44.2 Å². The van der Waals surface area contributed by atoms with Crippen molar-refractivity contribution in [2.24, 2.45) is 5.73 Å². The van der Waals surface area contributed by atoms with E-state index in [-0.39, 0.29) is 42.5 Å². The van der Waals surface area contributed by atoms with Crippen molar-refractivity contribution < 1.29 is 18.8 Å². The predicted octanol–water partition coefficient (Wildman–Crippen LogP) is -0.0407. The average Bonchev–Trinajstić information content (AvgIpc) is 3.29. The number of nitrogens with two attached hydrogens (primary N) is 1. The number of rotatable bonds is 9. The standard InChI is InChI=1S/C21H31FN8O3S/c1-13(23)9-14(22)16(29-6-3-21(25-2,4-7-29)19(24)33)10-27-18(32)15-12-34-20(28-15)30-8-5-26-17(31)11-30/h12,23,25H,3-11H2,1-2H3,(H2,24,33)(H,26,31)(H,27,32). The van der Waals surface area contributed by atoms with Crippen molar-refractivity contribution >= 4 is 39.9 Å². The minimum absolute atomic E-state index is 0.0833. The molecule has 0 saturated carbocycles. The van der Waals surface area contributed by atoms with Crippen molar-refractivity contribution in [3.63, 3.8) is 0 Å². The molecule has 13 heteroatoms. The van der Waals surface area contributed by atoms with Crippen LogP contribution in [0, 0.1) is 5.41 Å². The van der Waals surface area contributed by atoms with E-state index in [0.717, 1.165) is 0 Å². The van der Waals surface area contributed by atoms with Gasteiger partial charge in [-0.1, -0.05) is 0 Å². The third-order valence-electron chi connectivity index (χ3n) is 6.13. The van der Waals surface area contributed by atoms with Crippen LogP contribution in [0.2, 0.25) is 0 Å². The molecule has 3 heterocycles. The molecule has 1 aromatic heterocycles. The van der Waals surface area contributed by atoms with Crippen LogP contribution in [0.4, 0.5) is 9.52 Å². The monoisotopic (exact) mass is 494 g/mol. The molecule has 186 valence electrons. The molecule has 0 aromatic carbocycles. The number of primary amides is 1. The van der Waals surface area contributed by atoms with Gasteiger partial charge in [0.15, 0.2) is 5.13 Å². The van der Waals surface area contributed by atoms with Gasteiger partial charge in [-0.15, -0.1) is 11.3 Å². The van der Waals surface area contributed by atoms with E-state index in [4.69, 9.17) is 11.1 Å². The summed E-state index contributed by atoms with van der Waals surface area (Å²) in [4.78, 5) is 44.2. The predicted molar refractivity (Wildman–Crippen MR) is 128 cm³/mol. The maximum Gasteiger partial charge on any atom is 0.271 e. The minimum Gasteiger partial charge on any atom is -0.371 e. The highest BCUT2D eigenvalue weighted by Gasteiger charge is 2.39. The number of piperidine rings is 1. The molecule has 0 atom stereocenters. The number of carbonyl (C=O) groups excluding carboxylic acids is 3. The molecule has 1 aromatic rings. The van der Waals surface area contributed by atoms with Gasteiger partial charge in [0.1, 0.15) is 17.1 Å². The molecule has 11 nitrogen and oxygen atoms in total. The molecule has 2 aliphatic heterocycles. The molecule has 2 fully saturated rings. The van der Waals surface area contributed by atoms with Crippen LogP contribution in [0.3, 0.4) is 0 Å². The second kappa shape index (κ2) is 10.9. The Hall–Kier alpha value is -3.06. The van der Waals surface area contributed by atoms with Crippen molar-refractivity contribution in [2.75, 3.05) is 51.2 Å². The first-order valence-corrected chi connectivity index (χ1v) is 11.9. The Morgan fingerprint density at radius 3 is 2.65 bits per heavy atom. The number of amides is 3. The maximum atomic E-state index is 15.1. The fraction of sp³-hybridized carbons (Fsp3) is 0.571. The molecule has 0 aliphatic carbocycles. The number of hydrogen-bond donors (Lipinski definition) is 5. The third kappa shape index (κ3) is 5.89. The van der Waals surface area contributed by atoms with Gasteiger partial charge in [-0.25, -0.2) is 9.37 Å². The van der Waals surface area contributed by atoms with Crippen molar-refractivity contribution in [3.05, 3.63) is 22.6 Å². The van der Waals surface area contributed by atoms with E-state index in [1.165, 1.54) is 18.3 Å². The molecule has 0 radical (unpaired) electrons. The highest BCUT2D eigenvalue weighted by atomic mass is 32.1. The average molecular weight is 495 g/mol. The van der Waals surface area contributed by atoms with Gasteiger partial charge >= 0.3 is 0 Å². The number of likely N-dealkylation sites (tertiary alicyclic amines) is 1. The third-order valence-corrected chi connectivity index (χ3v) is 7.03. The van der Waals surface area contributed by atoms with Crippen LogP contribution in [0.5, 0.6) is 0 Å². The Kier molecular flexibility index (Phi) is 8.20. The number of allylic oxidation sites excluding steroid dienone is 1. The number of thiazole rings is 1. The van der Waals surface area contributed by atoms with Crippen LogP contribution < -0.4 is 26.6 Å². The summed E-state index contributed by atoms with van der Waals surface area (Å²) in [5, 5.41) is 18.3. The summed E-state index contributed by atoms with van der Waals surface area (Å²) in [6.07, 6.45) is 0.630. The van der Waals surface area contributed by atoms with Crippen LogP contribution >= 0.6 is 11.3 Å². The van der Waals surface area contributed by atoms with E-state index in [1.807, 2.05) is 0 Å². The Labute approximate surface area is 201 Å². The van der Waals surface area contributed by atoms with E-state index >= 15 is 4.39 Å². The van der Waals surface area contributed by atoms with Gasteiger partial charge in [0.05, 0.1) is 18.8 Å². The van der Waals surface area contributed by atoms with Crippen molar-refractivity contribution in [1.82, 2.24) is 25.8 Å². The number of nitrogens with one attached hydrogen (secondary N) is 4. The van der Waals surface area contributed by atoms with Gasteiger partial charge in [0.25, 0.3) is 5.91 Å². The number of aromatic nitrogens is 1. The summed E-state index contributed by atoms with van der Waals surface area (Å²) in [7, 11) is 1.68. The second-order valence-corrected chi connectivity index (χ2v) is 9.30. The topological polar surface area (TPSA) is 157 Å². The van der Waals surface area contributed by atoms with Crippen LogP contribution in [-0.4, -0.2) is 85.2 Å². The lowest BCUT2D eigenvalue weighted by atomic mass is 9.86. The van der Waals surface area contributed by atoms with Gasteiger partial charge in [-0.3, -0.25) is 14.4 Å². The number of anilines is 1. The lowest BCUT2D eigenvalue weighted by molar-refractivity contribution is -0.126. The lowest BCUT2D eigenvalue weighted by Gasteiger charge is -2.41. The number of piperazine rings is 1. The largest absolute Gasteiger partial charge is 0.371 e. The molecule has 2 aliphatic rings. The zero-order chi connectivity index (χ0) is 24.9. The van der Waals surface area contributed by atoms with Crippen LogP contribution in [0.15, 0.2) is 16.9 Å². The molecule has 0 unspecified atom stereocenters. The Balaban J connectivity index is 1.68. The first-order valence-electron chi connectivity index (χ1n) is 11.1. The van der Waals surface area contributed by atoms with Gasteiger partial charge in [0.2, 0.25) is 11.8 Å². The first kappa shape index (κ1) is 25.6. The van der Waals surface area contributed by atoms with Gasteiger partial charge in [0, 0.05) is 43.7 Å². The number of halogens is 1. The quantitative estimate of drug-likeness (QED) is 0.302. The van der Waals surface area contributed by atoms with Crippen LogP contribution in [-0.2, 0) is 9.59 Å². The Morgan fingerprint density at radius 1 is 1.35 bits per heavy atom. The molecular weight excluding hydrogens is 463 g/mol. The van der Waals surface area contributed by atoms with Gasteiger partial charge in [-0.05, 0) is 26.8 Å². The number of likely N-dealkylation sites (N-methyl/N-ethyl adjacent to an activating group) is 1. The molecule has 34 heavy (non-hydrogen) atoms. The van der Waals surface area contributed by atoms with Gasteiger partial charge in [-0.2, -0.15) is 0 Å². The maximum absolute atomic E-state index is 15.1. The number of hydrogen-bond acceptors (Lipinski definition) is 9. The van der Waals surface area contributed by atoms with Gasteiger partial charge < -0.3 is 36.9 Å². The summed E-state index contributed by atoms with van der Waals surface area (Å²) < 4.78 is 15.1. The van der Waals surface area contributed by atoms with E-state index in [2.05, 4.69) is 20.9 Å². The molecule has 6 N–H and O–H groups in total. The summed E-state index contributed by atoms with van der Waals surface area (Å²) in [5.41, 5.74) is 5.34. The molecule has 0 bridgehead atoms. The summed E-state index contributed by atoms with van der Waals surface area (Å²) in [6.45, 7) is 3.48.